The second kappa shape index (κ2) is 8.96. The van der Waals surface area contributed by atoms with Crippen LogP contribution >= 0.6 is 0 Å². The van der Waals surface area contributed by atoms with E-state index in [0.717, 1.165) is 23.2 Å². The van der Waals surface area contributed by atoms with Crippen LogP contribution in [0.5, 0.6) is 0 Å². The monoisotopic (exact) mass is 374 g/mol. The average molecular weight is 375 g/mol. The van der Waals surface area contributed by atoms with Crippen LogP contribution in [-0.4, -0.2) is 39.1 Å². The maximum Gasteiger partial charge on any atom is 0.221 e. The fourth-order valence-corrected chi connectivity index (χ4v) is 3.84. The van der Waals surface area contributed by atoms with Crippen LogP contribution in [0.3, 0.4) is 0 Å². The molecule has 0 radical (unpaired) electrons. The number of carbonyl (C=O) groups is 1. The molecule has 0 aliphatic heterocycles. The first-order valence-corrected chi connectivity index (χ1v) is 10.2. The van der Waals surface area contributed by atoms with Crippen molar-refractivity contribution in [1.82, 2.24) is 10.2 Å². The molecule has 0 heterocycles. The Balaban J connectivity index is 1.91. The van der Waals surface area contributed by atoms with E-state index >= 15 is 0 Å². The molecule has 0 fully saturated rings. The van der Waals surface area contributed by atoms with Gasteiger partial charge in [0.15, 0.2) is 9.84 Å². The Morgan fingerprint density at radius 1 is 1.00 bits per heavy atom. The second-order valence-electron chi connectivity index (χ2n) is 6.67. The summed E-state index contributed by atoms with van der Waals surface area (Å²) in [5.41, 5.74) is 3.18. The van der Waals surface area contributed by atoms with Crippen LogP contribution in [-0.2, 0) is 27.7 Å². The van der Waals surface area contributed by atoms with Crippen molar-refractivity contribution in [1.29, 1.82) is 0 Å². The maximum absolute atomic E-state index is 12.3. The number of sulfone groups is 1. The van der Waals surface area contributed by atoms with Gasteiger partial charge in [0.2, 0.25) is 5.91 Å². The van der Waals surface area contributed by atoms with E-state index in [1.807, 2.05) is 45.3 Å². The van der Waals surface area contributed by atoms with Gasteiger partial charge in [-0.15, -0.1) is 0 Å². The highest BCUT2D eigenvalue weighted by molar-refractivity contribution is 7.91. The number of benzene rings is 2. The third kappa shape index (κ3) is 5.97. The standard InChI is InChI=1S/C20H26N2O3S/c1-16-8-10-19(11-9-16)26(24,25)13-12-20(23)21-14-17-6-4-5-7-18(17)15-22(2)3/h4-11H,12-15H2,1-3H3,(H,21,23). The van der Waals surface area contributed by atoms with Crippen LogP contribution in [0.25, 0.3) is 0 Å². The molecule has 2 aromatic carbocycles. The lowest BCUT2D eigenvalue weighted by atomic mass is 10.1. The van der Waals surface area contributed by atoms with Crippen molar-refractivity contribution in [2.75, 3.05) is 19.8 Å². The molecule has 1 N–H and O–H groups in total. The molecule has 5 nitrogen and oxygen atoms in total. The van der Waals surface area contributed by atoms with Gasteiger partial charge in [-0.2, -0.15) is 0 Å². The highest BCUT2D eigenvalue weighted by Crippen LogP contribution is 2.13. The van der Waals surface area contributed by atoms with E-state index in [4.69, 9.17) is 0 Å². The molecule has 0 atom stereocenters. The summed E-state index contributed by atoms with van der Waals surface area (Å²) in [7, 11) is 0.536. The molecule has 140 valence electrons. The SMILES string of the molecule is Cc1ccc(S(=O)(=O)CCC(=O)NCc2ccccc2CN(C)C)cc1. The summed E-state index contributed by atoms with van der Waals surface area (Å²) in [4.78, 5) is 14.4. The molecule has 0 bridgehead atoms. The van der Waals surface area contributed by atoms with Crippen LogP contribution in [0.15, 0.2) is 53.4 Å². The Hall–Kier alpha value is -2.18. The van der Waals surface area contributed by atoms with E-state index in [9.17, 15) is 13.2 Å². The lowest BCUT2D eigenvalue weighted by molar-refractivity contribution is -0.120. The second-order valence-corrected chi connectivity index (χ2v) is 8.77. The third-order valence-corrected chi connectivity index (χ3v) is 5.79. The van der Waals surface area contributed by atoms with Crippen molar-refractivity contribution >= 4 is 15.7 Å². The minimum Gasteiger partial charge on any atom is -0.352 e. The number of hydrogen-bond acceptors (Lipinski definition) is 4. The fourth-order valence-electron chi connectivity index (χ4n) is 2.60. The van der Waals surface area contributed by atoms with Crippen LogP contribution in [0.2, 0.25) is 0 Å². The predicted octanol–water partition coefficient (Wildman–Crippen LogP) is 2.54. The van der Waals surface area contributed by atoms with Gasteiger partial charge in [0, 0.05) is 19.5 Å². The first kappa shape index (κ1) is 20.1. The lowest BCUT2D eigenvalue weighted by Crippen LogP contribution is -2.26. The highest BCUT2D eigenvalue weighted by Gasteiger charge is 2.16. The molecule has 0 aliphatic rings. The Morgan fingerprint density at radius 3 is 2.23 bits per heavy atom. The number of nitrogens with zero attached hydrogens (tertiary/aromatic N) is 1. The molecule has 1 amide bonds. The third-order valence-electron chi connectivity index (χ3n) is 4.06. The van der Waals surface area contributed by atoms with Crippen molar-refractivity contribution in [3.05, 3.63) is 65.2 Å². The number of carbonyl (C=O) groups excluding carboxylic acids is 1. The first-order chi connectivity index (χ1) is 12.3. The largest absolute Gasteiger partial charge is 0.352 e. The van der Waals surface area contributed by atoms with Crippen molar-refractivity contribution < 1.29 is 13.2 Å². The van der Waals surface area contributed by atoms with Gasteiger partial charge in [-0.1, -0.05) is 42.0 Å². The van der Waals surface area contributed by atoms with E-state index in [2.05, 4.69) is 10.2 Å². The normalized spacial score (nSPS) is 11.5. The zero-order valence-corrected chi connectivity index (χ0v) is 16.3. The van der Waals surface area contributed by atoms with Gasteiger partial charge < -0.3 is 10.2 Å². The van der Waals surface area contributed by atoms with Crippen LogP contribution in [0.4, 0.5) is 0 Å². The van der Waals surface area contributed by atoms with E-state index < -0.39 is 9.84 Å². The zero-order chi connectivity index (χ0) is 19.2. The van der Waals surface area contributed by atoms with Crippen molar-refractivity contribution in [3.63, 3.8) is 0 Å². The summed E-state index contributed by atoms with van der Waals surface area (Å²) in [5.74, 6) is -0.457. The van der Waals surface area contributed by atoms with Crippen LogP contribution in [0.1, 0.15) is 23.1 Å². The quantitative estimate of drug-likeness (QED) is 0.771. The van der Waals surface area contributed by atoms with Gasteiger partial charge >= 0.3 is 0 Å². The maximum atomic E-state index is 12.3. The van der Waals surface area contributed by atoms with E-state index in [-0.39, 0.29) is 23.0 Å². The molecular weight excluding hydrogens is 348 g/mol. The minimum atomic E-state index is -3.45. The molecule has 0 saturated heterocycles. The Labute approximate surface area is 156 Å². The Kier molecular flexibility index (Phi) is 6.94. The van der Waals surface area contributed by atoms with Gasteiger partial charge in [-0.05, 0) is 44.3 Å². The lowest BCUT2D eigenvalue weighted by Gasteiger charge is -2.14. The summed E-state index contributed by atoms with van der Waals surface area (Å²) in [6.45, 7) is 3.08. The zero-order valence-electron chi connectivity index (χ0n) is 15.5. The minimum absolute atomic E-state index is 0.0495. The molecule has 2 aromatic rings. The fraction of sp³-hybridized carbons (Fsp3) is 0.350. The van der Waals surface area contributed by atoms with E-state index in [1.165, 1.54) is 0 Å². The Bertz CT molecular complexity index is 844. The van der Waals surface area contributed by atoms with Gasteiger partial charge in [0.05, 0.1) is 10.6 Å². The summed E-state index contributed by atoms with van der Waals surface area (Å²) < 4.78 is 24.6. The molecule has 6 heteroatoms. The smallest absolute Gasteiger partial charge is 0.221 e. The van der Waals surface area contributed by atoms with Crippen LogP contribution in [0, 0.1) is 6.92 Å². The predicted molar refractivity (Wildman–Crippen MR) is 104 cm³/mol. The molecule has 0 aromatic heterocycles. The van der Waals surface area contributed by atoms with Crippen molar-refractivity contribution in [3.8, 4) is 0 Å². The summed E-state index contributed by atoms with van der Waals surface area (Å²) in [6, 6.07) is 14.6. The average Bonchev–Trinajstić information content (AvgIpc) is 2.59. The summed E-state index contributed by atoms with van der Waals surface area (Å²) in [6.07, 6.45) is -0.0495. The van der Waals surface area contributed by atoms with E-state index in [0.29, 0.717) is 6.54 Å². The molecule has 0 aliphatic carbocycles. The molecule has 26 heavy (non-hydrogen) atoms. The van der Waals surface area contributed by atoms with Crippen molar-refractivity contribution in [2.24, 2.45) is 0 Å². The summed E-state index contributed by atoms with van der Waals surface area (Å²) >= 11 is 0. The molecule has 0 unspecified atom stereocenters. The summed E-state index contributed by atoms with van der Waals surface area (Å²) in [5, 5.41) is 2.82. The van der Waals surface area contributed by atoms with E-state index in [1.54, 1.807) is 24.3 Å². The van der Waals surface area contributed by atoms with Crippen LogP contribution < -0.4 is 5.32 Å². The van der Waals surface area contributed by atoms with Gasteiger partial charge in [0.25, 0.3) is 0 Å². The molecule has 2 rings (SSSR count). The number of rotatable bonds is 8. The van der Waals surface area contributed by atoms with Gasteiger partial charge in [0.1, 0.15) is 0 Å². The first-order valence-electron chi connectivity index (χ1n) is 8.55. The number of hydrogen-bond donors (Lipinski definition) is 1. The molecule has 0 spiro atoms. The molecule has 0 saturated carbocycles. The molecular formula is C20H26N2O3S. The Morgan fingerprint density at radius 2 is 1.62 bits per heavy atom. The van der Waals surface area contributed by atoms with Crippen molar-refractivity contribution in [2.45, 2.75) is 31.3 Å². The number of amides is 1. The topological polar surface area (TPSA) is 66.5 Å². The van der Waals surface area contributed by atoms with Gasteiger partial charge in [-0.25, -0.2) is 8.42 Å². The number of aryl methyl sites for hydroxylation is 1. The van der Waals surface area contributed by atoms with Gasteiger partial charge in [-0.3, -0.25) is 4.79 Å². The highest BCUT2D eigenvalue weighted by atomic mass is 32.2. The number of nitrogens with one attached hydrogen (secondary N) is 1.